The molecule has 0 bridgehead atoms. The molecule has 0 aliphatic heterocycles. The lowest BCUT2D eigenvalue weighted by Gasteiger charge is -2.01. The van der Waals surface area contributed by atoms with Crippen LogP contribution in [0.4, 0.5) is 11.5 Å². The van der Waals surface area contributed by atoms with Crippen LogP contribution in [0.1, 0.15) is 5.56 Å². The minimum atomic E-state index is -0.578. The van der Waals surface area contributed by atoms with Crippen LogP contribution < -0.4 is 5.32 Å². The van der Waals surface area contributed by atoms with Gasteiger partial charge in [-0.2, -0.15) is 0 Å². The van der Waals surface area contributed by atoms with Gasteiger partial charge in [0.15, 0.2) is 0 Å². The Morgan fingerprint density at radius 3 is 2.77 bits per heavy atom. The van der Waals surface area contributed by atoms with E-state index < -0.39 is 10.8 Å². The monoisotopic (exact) mass is 381 g/mol. The number of aromatic nitrogens is 1. The lowest BCUT2D eigenvalue weighted by molar-refractivity contribution is -0.384. The van der Waals surface area contributed by atoms with Crippen LogP contribution in [0.15, 0.2) is 47.1 Å². The Hall–Kier alpha value is -2.25. The number of nitrogens with zero attached hydrogens (tertiary/aromatic N) is 2. The Morgan fingerprint density at radius 2 is 2.14 bits per heavy atom. The SMILES string of the molecule is O=C(/C=C/c1ccc(Cl)c([N+](=O)[O-])c1)Nc1ccc(Br)cn1. The molecule has 2 aromatic rings. The number of hydrogen-bond acceptors (Lipinski definition) is 4. The topological polar surface area (TPSA) is 85.1 Å². The molecule has 0 fully saturated rings. The Morgan fingerprint density at radius 1 is 1.36 bits per heavy atom. The number of nitrogens with one attached hydrogen (secondary N) is 1. The predicted octanol–water partition coefficient (Wildman–Crippen LogP) is 4.06. The molecule has 0 saturated heterocycles. The van der Waals surface area contributed by atoms with Crippen LogP contribution in [0.3, 0.4) is 0 Å². The van der Waals surface area contributed by atoms with Crippen molar-refractivity contribution in [2.24, 2.45) is 0 Å². The highest BCUT2D eigenvalue weighted by Gasteiger charge is 2.11. The quantitative estimate of drug-likeness (QED) is 0.491. The van der Waals surface area contributed by atoms with Gasteiger partial charge in [-0.25, -0.2) is 4.98 Å². The average Bonchev–Trinajstić information content (AvgIpc) is 2.48. The fraction of sp³-hybridized carbons (Fsp3) is 0. The summed E-state index contributed by atoms with van der Waals surface area (Å²) >= 11 is 8.96. The zero-order valence-electron chi connectivity index (χ0n) is 11.0. The van der Waals surface area contributed by atoms with E-state index >= 15 is 0 Å². The highest BCUT2D eigenvalue weighted by atomic mass is 79.9. The first kappa shape index (κ1) is 16.1. The summed E-state index contributed by atoms with van der Waals surface area (Å²) in [7, 11) is 0. The number of benzene rings is 1. The van der Waals surface area contributed by atoms with Crippen molar-refractivity contribution < 1.29 is 9.72 Å². The molecule has 6 nitrogen and oxygen atoms in total. The van der Waals surface area contributed by atoms with E-state index in [2.05, 4.69) is 26.2 Å². The van der Waals surface area contributed by atoms with E-state index in [4.69, 9.17) is 11.6 Å². The maximum atomic E-state index is 11.7. The maximum absolute atomic E-state index is 11.7. The molecular formula is C14H9BrClN3O3. The van der Waals surface area contributed by atoms with Gasteiger partial charge >= 0.3 is 0 Å². The van der Waals surface area contributed by atoms with Crippen LogP contribution in [-0.2, 0) is 4.79 Å². The first-order chi connectivity index (χ1) is 10.5. The lowest BCUT2D eigenvalue weighted by Crippen LogP contribution is -2.08. The van der Waals surface area contributed by atoms with Crippen molar-refractivity contribution in [1.29, 1.82) is 0 Å². The summed E-state index contributed by atoms with van der Waals surface area (Å²) in [6.45, 7) is 0. The predicted molar refractivity (Wildman–Crippen MR) is 87.7 cm³/mol. The smallest absolute Gasteiger partial charge is 0.288 e. The third kappa shape index (κ3) is 4.37. The molecule has 0 atom stereocenters. The van der Waals surface area contributed by atoms with Gasteiger partial charge in [-0.05, 0) is 45.8 Å². The van der Waals surface area contributed by atoms with Crippen LogP contribution in [0.5, 0.6) is 0 Å². The van der Waals surface area contributed by atoms with Crippen molar-refractivity contribution >= 4 is 51.0 Å². The van der Waals surface area contributed by atoms with E-state index in [1.54, 1.807) is 24.4 Å². The van der Waals surface area contributed by atoms with Crippen molar-refractivity contribution in [3.8, 4) is 0 Å². The molecule has 0 radical (unpaired) electrons. The normalized spacial score (nSPS) is 10.6. The number of amides is 1. The van der Waals surface area contributed by atoms with Crippen molar-refractivity contribution in [2.75, 3.05) is 5.32 Å². The van der Waals surface area contributed by atoms with Gasteiger partial charge in [0.1, 0.15) is 10.8 Å². The number of hydrogen-bond donors (Lipinski definition) is 1. The van der Waals surface area contributed by atoms with Crippen LogP contribution >= 0.6 is 27.5 Å². The molecule has 0 saturated carbocycles. The second-order valence-electron chi connectivity index (χ2n) is 4.15. The van der Waals surface area contributed by atoms with Crippen LogP contribution in [0.2, 0.25) is 5.02 Å². The molecule has 0 aliphatic carbocycles. The van der Waals surface area contributed by atoms with Crippen LogP contribution in [0, 0.1) is 10.1 Å². The number of anilines is 1. The number of nitro benzene ring substituents is 1. The van der Waals surface area contributed by atoms with Crippen molar-refractivity contribution in [3.05, 3.63) is 67.8 Å². The number of halogens is 2. The van der Waals surface area contributed by atoms with E-state index in [0.29, 0.717) is 11.4 Å². The third-order valence-electron chi connectivity index (χ3n) is 2.57. The zero-order valence-corrected chi connectivity index (χ0v) is 13.3. The molecule has 22 heavy (non-hydrogen) atoms. The van der Waals surface area contributed by atoms with E-state index in [1.165, 1.54) is 24.3 Å². The Labute approximate surface area is 139 Å². The highest BCUT2D eigenvalue weighted by molar-refractivity contribution is 9.10. The van der Waals surface area contributed by atoms with E-state index in [0.717, 1.165) is 4.47 Å². The second kappa shape index (κ2) is 7.15. The number of carbonyl (C=O) groups excluding carboxylic acids is 1. The largest absolute Gasteiger partial charge is 0.307 e. The summed E-state index contributed by atoms with van der Waals surface area (Å²) < 4.78 is 0.800. The summed E-state index contributed by atoms with van der Waals surface area (Å²) in [4.78, 5) is 26.0. The number of carbonyl (C=O) groups is 1. The van der Waals surface area contributed by atoms with Gasteiger partial charge in [0.05, 0.1) is 4.92 Å². The van der Waals surface area contributed by atoms with Crippen molar-refractivity contribution in [2.45, 2.75) is 0 Å². The summed E-state index contributed by atoms with van der Waals surface area (Å²) in [5.74, 6) is 0.00682. The molecule has 1 amide bonds. The number of nitro groups is 1. The first-order valence-electron chi connectivity index (χ1n) is 6.00. The van der Waals surface area contributed by atoms with Gasteiger partial charge < -0.3 is 5.32 Å². The van der Waals surface area contributed by atoms with Gasteiger partial charge in [0.2, 0.25) is 5.91 Å². The number of rotatable bonds is 4. The first-order valence-corrected chi connectivity index (χ1v) is 7.17. The molecule has 112 valence electrons. The fourth-order valence-corrected chi connectivity index (χ4v) is 1.98. The van der Waals surface area contributed by atoms with Gasteiger partial charge in [-0.1, -0.05) is 17.7 Å². The van der Waals surface area contributed by atoms with E-state index in [9.17, 15) is 14.9 Å². The molecule has 2 rings (SSSR count). The molecule has 1 aromatic carbocycles. The summed E-state index contributed by atoms with van der Waals surface area (Å²) in [5.41, 5.74) is 0.286. The molecule has 1 heterocycles. The number of pyridine rings is 1. The second-order valence-corrected chi connectivity index (χ2v) is 5.48. The third-order valence-corrected chi connectivity index (χ3v) is 3.36. The Bertz CT molecular complexity index is 747. The molecule has 8 heteroatoms. The summed E-state index contributed by atoms with van der Waals surface area (Å²) in [5, 5.41) is 13.4. The maximum Gasteiger partial charge on any atom is 0.288 e. The Balaban J connectivity index is 2.08. The minimum absolute atomic E-state index is 0.0469. The molecule has 0 unspecified atom stereocenters. The summed E-state index contributed by atoms with van der Waals surface area (Å²) in [6.07, 6.45) is 4.27. The summed E-state index contributed by atoms with van der Waals surface area (Å²) in [6, 6.07) is 7.67. The van der Waals surface area contributed by atoms with Gasteiger partial charge in [0.25, 0.3) is 5.69 Å². The van der Waals surface area contributed by atoms with Gasteiger partial charge in [-0.3, -0.25) is 14.9 Å². The Kier molecular flexibility index (Phi) is 5.24. The van der Waals surface area contributed by atoms with E-state index in [-0.39, 0.29) is 10.7 Å². The van der Waals surface area contributed by atoms with Crippen molar-refractivity contribution in [1.82, 2.24) is 4.98 Å². The fourth-order valence-electron chi connectivity index (χ4n) is 1.56. The van der Waals surface area contributed by atoms with Crippen LogP contribution in [-0.4, -0.2) is 15.8 Å². The molecule has 0 aliphatic rings. The average molecular weight is 383 g/mol. The van der Waals surface area contributed by atoms with Gasteiger partial charge in [-0.15, -0.1) is 0 Å². The standard InChI is InChI=1S/C14H9BrClN3O3/c15-10-3-5-13(17-8-10)18-14(20)6-2-9-1-4-11(16)12(7-9)19(21)22/h1-8H,(H,17,18,20)/b6-2+. The van der Waals surface area contributed by atoms with Crippen molar-refractivity contribution in [3.63, 3.8) is 0 Å². The van der Waals surface area contributed by atoms with Crippen LogP contribution in [0.25, 0.3) is 6.08 Å². The zero-order chi connectivity index (χ0) is 16.1. The molecule has 1 N–H and O–H groups in total. The minimum Gasteiger partial charge on any atom is -0.307 e. The molecule has 0 spiro atoms. The molecule has 1 aromatic heterocycles. The highest BCUT2D eigenvalue weighted by Crippen LogP contribution is 2.25. The van der Waals surface area contributed by atoms with E-state index in [1.807, 2.05) is 0 Å². The van der Waals surface area contributed by atoms with Gasteiger partial charge in [0, 0.05) is 22.8 Å². The lowest BCUT2D eigenvalue weighted by atomic mass is 10.2. The molecular weight excluding hydrogens is 374 g/mol.